The highest BCUT2D eigenvalue weighted by Crippen LogP contribution is 2.20. The molecule has 0 unspecified atom stereocenters. The highest BCUT2D eigenvalue weighted by Gasteiger charge is 2.23. The van der Waals surface area contributed by atoms with Gasteiger partial charge in [-0.1, -0.05) is 15.9 Å². The van der Waals surface area contributed by atoms with Gasteiger partial charge in [-0.05, 0) is 37.6 Å². The number of rotatable bonds is 4. The first-order chi connectivity index (χ1) is 11.0. The Bertz CT molecular complexity index is 572. The van der Waals surface area contributed by atoms with E-state index in [0.29, 0.717) is 32.8 Å². The minimum Gasteiger partial charge on any atom is -0.465 e. The number of piperazine rings is 1. The van der Waals surface area contributed by atoms with Gasteiger partial charge in [-0.3, -0.25) is 9.69 Å². The quantitative estimate of drug-likeness (QED) is 0.811. The monoisotopic (exact) mass is 383 g/mol. The lowest BCUT2D eigenvalue weighted by atomic mass is 10.2. The summed E-state index contributed by atoms with van der Waals surface area (Å²) in [6.45, 7) is 6.98. The Kier molecular flexibility index (Phi) is 6.41. The fourth-order valence-electron chi connectivity index (χ4n) is 2.46. The number of ether oxygens (including phenoxy) is 1. The molecule has 7 heteroatoms. The molecule has 6 nitrogen and oxygen atoms in total. The Morgan fingerprint density at radius 1 is 1.26 bits per heavy atom. The van der Waals surface area contributed by atoms with E-state index < -0.39 is 0 Å². The number of carbonyl (C=O) groups is 2. The molecule has 0 spiro atoms. The Labute approximate surface area is 144 Å². The second-order valence-electron chi connectivity index (χ2n) is 5.46. The Morgan fingerprint density at radius 2 is 1.96 bits per heavy atom. The Balaban J connectivity index is 1.82. The topological polar surface area (TPSA) is 61.9 Å². The Morgan fingerprint density at radius 3 is 2.57 bits per heavy atom. The van der Waals surface area contributed by atoms with Crippen molar-refractivity contribution in [2.45, 2.75) is 13.8 Å². The van der Waals surface area contributed by atoms with Crippen LogP contribution in [0, 0.1) is 6.92 Å². The van der Waals surface area contributed by atoms with Crippen molar-refractivity contribution >= 4 is 33.6 Å². The number of hydrogen-bond acceptors (Lipinski definition) is 4. The zero-order chi connectivity index (χ0) is 16.8. The number of nitrogens with one attached hydrogen (secondary N) is 1. The fourth-order valence-corrected chi connectivity index (χ4v) is 2.94. The summed E-state index contributed by atoms with van der Waals surface area (Å²) < 4.78 is 5.93. The van der Waals surface area contributed by atoms with E-state index in [1.54, 1.807) is 11.8 Å². The molecule has 1 aromatic carbocycles. The van der Waals surface area contributed by atoms with Crippen LogP contribution in [0.15, 0.2) is 22.7 Å². The third kappa shape index (κ3) is 5.21. The molecule has 0 saturated carbocycles. The van der Waals surface area contributed by atoms with Crippen molar-refractivity contribution in [3.8, 4) is 0 Å². The molecule has 1 aromatic rings. The van der Waals surface area contributed by atoms with E-state index in [1.807, 2.05) is 30.0 Å². The van der Waals surface area contributed by atoms with Crippen molar-refractivity contribution < 1.29 is 14.3 Å². The zero-order valence-electron chi connectivity index (χ0n) is 13.5. The van der Waals surface area contributed by atoms with Crippen LogP contribution < -0.4 is 5.32 Å². The molecule has 1 aliphatic rings. The molecule has 0 bridgehead atoms. The number of urea groups is 1. The van der Waals surface area contributed by atoms with Crippen molar-refractivity contribution in [1.82, 2.24) is 9.80 Å². The molecule has 126 valence electrons. The van der Waals surface area contributed by atoms with Crippen LogP contribution in [0.2, 0.25) is 0 Å². The lowest BCUT2D eigenvalue weighted by molar-refractivity contribution is -0.144. The molecule has 0 atom stereocenters. The molecular formula is C16H22BrN3O3. The van der Waals surface area contributed by atoms with E-state index in [-0.39, 0.29) is 18.5 Å². The van der Waals surface area contributed by atoms with Crippen molar-refractivity contribution in [2.24, 2.45) is 0 Å². The van der Waals surface area contributed by atoms with E-state index in [0.717, 1.165) is 15.7 Å². The number of amides is 2. The molecule has 2 amide bonds. The number of nitrogens with zero attached hydrogens (tertiary/aromatic N) is 2. The molecule has 1 N–H and O–H groups in total. The van der Waals surface area contributed by atoms with Crippen molar-refractivity contribution in [3.05, 3.63) is 28.2 Å². The smallest absolute Gasteiger partial charge is 0.321 e. The maximum atomic E-state index is 12.3. The molecule has 0 aromatic heterocycles. The molecule has 1 aliphatic heterocycles. The number of hydrogen-bond donors (Lipinski definition) is 1. The largest absolute Gasteiger partial charge is 0.465 e. The summed E-state index contributed by atoms with van der Waals surface area (Å²) in [5, 5.41) is 2.94. The summed E-state index contributed by atoms with van der Waals surface area (Å²) in [7, 11) is 0. The van der Waals surface area contributed by atoms with Gasteiger partial charge >= 0.3 is 12.0 Å². The van der Waals surface area contributed by atoms with Crippen LogP contribution in [-0.2, 0) is 9.53 Å². The minimum atomic E-state index is -0.212. The third-order valence-electron chi connectivity index (χ3n) is 3.75. The third-order valence-corrected chi connectivity index (χ3v) is 4.24. The summed E-state index contributed by atoms with van der Waals surface area (Å²) in [5.41, 5.74) is 1.82. The molecular weight excluding hydrogens is 362 g/mol. The van der Waals surface area contributed by atoms with Gasteiger partial charge in [0, 0.05) is 36.3 Å². The summed E-state index contributed by atoms with van der Waals surface area (Å²) >= 11 is 3.41. The highest BCUT2D eigenvalue weighted by atomic mass is 79.9. The number of carbonyl (C=O) groups excluding carboxylic acids is 2. The lowest BCUT2D eigenvalue weighted by Crippen LogP contribution is -2.51. The minimum absolute atomic E-state index is 0.105. The van der Waals surface area contributed by atoms with Gasteiger partial charge in [0.2, 0.25) is 0 Å². The average Bonchev–Trinajstić information content (AvgIpc) is 2.51. The van der Waals surface area contributed by atoms with E-state index in [1.165, 1.54) is 0 Å². The lowest BCUT2D eigenvalue weighted by Gasteiger charge is -2.34. The van der Waals surface area contributed by atoms with Crippen LogP contribution in [0.25, 0.3) is 0 Å². The van der Waals surface area contributed by atoms with Crippen LogP contribution in [0.3, 0.4) is 0 Å². The second-order valence-corrected chi connectivity index (χ2v) is 6.37. The SMILES string of the molecule is CCOC(=O)CN1CCN(C(=O)Nc2ccc(Br)cc2C)CC1. The predicted octanol–water partition coefficient (Wildman–Crippen LogP) is 2.47. The fraction of sp³-hybridized carbons (Fsp3) is 0.500. The van der Waals surface area contributed by atoms with E-state index in [9.17, 15) is 9.59 Å². The van der Waals surface area contributed by atoms with Gasteiger partial charge in [0.1, 0.15) is 0 Å². The van der Waals surface area contributed by atoms with Crippen LogP contribution in [0.1, 0.15) is 12.5 Å². The van der Waals surface area contributed by atoms with Crippen LogP contribution in [-0.4, -0.2) is 61.1 Å². The predicted molar refractivity (Wildman–Crippen MR) is 92.5 cm³/mol. The summed E-state index contributed by atoms with van der Waals surface area (Å²) in [5.74, 6) is -0.212. The average molecular weight is 384 g/mol. The first-order valence-corrected chi connectivity index (χ1v) is 8.49. The zero-order valence-corrected chi connectivity index (χ0v) is 15.1. The van der Waals surface area contributed by atoms with Gasteiger partial charge < -0.3 is 15.0 Å². The van der Waals surface area contributed by atoms with E-state index in [2.05, 4.69) is 21.2 Å². The van der Waals surface area contributed by atoms with Crippen LogP contribution in [0.4, 0.5) is 10.5 Å². The number of aryl methyl sites for hydroxylation is 1. The normalized spacial score (nSPS) is 15.3. The van der Waals surface area contributed by atoms with Gasteiger partial charge in [-0.25, -0.2) is 4.79 Å². The summed E-state index contributed by atoms with van der Waals surface area (Å²) in [6.07, 6.45) is 0. The highest BCUT2D eigenvalue weighted by molar-refractivity contribution is 9.10. The molecule has 0 aliphatic carbocycles. The second kappa shape index (κ2) is 8.31. The molecule has 2 rings (SSSR count). The van der Waals surface area contributed by atoms with Gasteiger partial charge in [-0.15, -0.1) is 0 Å². The van der Waals surface area contributed by atoms with Crippen molar-refractivity contribution in [2.75, 3.05) is 44.6 Å². The number of halogens is 1. The van der Waals surface area contributed by atoms with Crippen molar-refractivity contribution in [3.63, 3.8) is 0 Å². The van der Waals surface area contributed by atoms with E-state index in [4.69, 9.17) is 4.74 Å². The summed E-state index contributed by atoms with van der Waals surface area (Å²) in [6, 6.07) is 5.65. The van der Waals surface area contributed by atoms with Crippen LogP contribution >= 0.6 is 15.9 Å². The number of benzene rings is 1. The van der Waals surface area contributed by atoms with Gasteiger partial charge in [0.25, 0.3) is 0 Å². The molecule has 0 radical (unpaired) electrons. The maximum absolute atomic E-state index is 12.3. The van der Waals surface area contributed by atoms with Gasteiger partial charge in [-0.2, -0.15) is 0 Å². The van der Waals surface area contributed by atoms with E-state index >= 15 is 0 Å². The first-order valence-electron chi connectivity index (χ1n) is 7.69. The standard InChI is InChI=1S/C16H22BrN3O3/c1-3-23-15(21)11-19-6-8-20(9-7-19)16(22)18-14-5-4-13(17)10-12(14)2/h4-5,10H,3,6-9,11H2,1-2H3,(H,18,22). The molecule has 23 heavy (non-hydrogen) atoms. The summed E-state index contributed by atoms with van der Waals surface area (Å²) in [4.78, 5) is 27.6. The van der Waals surface area contributed by atoms with Gasteiger partial charge in [0.15, 0.2) is 0 Å². The Hall–Kier alpha value is -1.60. The van der Waals surface area contributed by atoms with Crippen LogP contribution in [0.5, 0.6) is 0 Å². The molecule has 1 fully saturated rings. The molecule has 1 saturated heterocycles. The first kappa shape index (κ1) is 17.7. The number of esters is 1. The van der Waals surface area contributed by atoms with Crippen molar-refractivity contribution in [1.29, 1.82) is 0 Å². The maximum Gasteiger partial charge on any atom is 0.321 e. The number of anilines is 1. The van der Waals surface area contributed by atoms with Gasteiger partial charge in [0.05, 0.1) is 13.2 Å². The molecule has 1 heterocycles.